The smallest absolute Gasteiger partial charge is 0.328 e. The summed E-state index contributed by atoms with van der Waals surface area (Å²) in [7, 11) is 1.51. The zero-order chi connectivity index (χ0) is 12.8. The van der Waals surface area contributed by atoms with Crippen molar-refractivity contribution in [2.24, 2.45) is 0 Å². The largest absolute Gasteiger partial charge is 0.495 e. The van der Waals surface area contributed by atoms with Gasteiger partial charge in [0.15, 0.2) is 0 Å². The number of carboxylic acids is 1. The first-order valence-electron chi connectivity index (χ1n) is 5.39. The van der Waals surface area contributed by atoms with Crippen LogP contribution in [0.2, 0.25) is 0 Å². The summed E-state index contributed by atoms with van der Waals surface area (Å²) in [6.45, 7) is 1.53. The van der Waals surface area contributed by atoms with E-state index in [9.17, 15) is 4.79 Å². The highest BCUT2D eigenvalue weighted by molar-refractivity contribution is 5.78. The Morgan fingerprint density at radius 1 is 1.53 bits per heavy atom. The third-order valence-electron chi connectivity index (χ3n) is 2.48. The molecule has 0 aliphatic carbocycles. The van der Waals surface area contributed by atoms with Crippen molar-refractivity contribution in [3.63, 3.8) is 0 Å². The van der Waals surface area contributed by atoms with Crippen LogP contribution in [0.15, 0.2) is 18.2 Å². The third kappa shape index (κ3) is 3.35. The number of hydrogen-bond acceptors (Lipinski definition) is 4. The maximum atomic E-state index is 10.8. The van der Waals surface area contributed by atoms with E-state index in [1.165, 1.54) is 7.11 Å². The Labute approximate surface area is 100 Å². The molecule has 5 heteroatoms. The highest BCUT2D eigenvalue weighted by Gasteiger charge is 2.17. The molecule has 0 aliphatic heterocycles. The zero-order valence-electron chi connectivity index (χ0n) is 9.93. The van der Waals surface area contributed by atoms with Gasteiger partial charge in [0, 0.05) is 0 Å². The highest BCUT2D eigenvalue weighted by atomic mass is 16.5. The summed E-state index contributed by atoms with van der Waals surface area (Å²) in [5.74, 6) is -0.543. The molecule has 1 rings (SSSR count). The Balaban J connectivity index is 2.97. The topological polar surface area (TPSA) is 78.8 Å². The zero-order valence-corrected chi connectivity index (χ0v) is 9.93. The number of ether oxygens (including phenoxy) is 1. The Kier molecular flexibility index (Phi) is 4.78. The van der Waals surface area contributed by atoms with Crippen LogP contribution < -0.4 is 10.1 Å². The summed E-state index contributed by atoms with van der Waals surface area (Å²) in [5, 5.41) is 20.6. The van der Waals surface area contributed by atoms with Gasteiger partial charge in [0.2, 0.25) is 0 Å². The third-order valence-corrected chi connectivity index (χ3v) is 2.48. The van der Waals surface area contributed by atoms with Gasteiger partial charge in [-0.3, -0.25) is 0 Å². The van der Waals surface area contributed by atoms with Gasteiger partial charge in [-0.2, -0.15) is 0 Å². The van der Waals surface area contributed by atoms with Crippen molar-refractivity contribution < 1.29 is 19.7 Å². The van der Waals surface area contributed by atoms with E-state index in [1.807, 2.05) is 19.1 Å². The van der Waals surface area contributed by atoms with Crippen LogP contribution in [0.5, 0.6) is 5.75 Å². The standard InChI is InChI=1S/C12H17NO4/c1-3-8-4-5-11(17-2)9(6-8)13-10(7-14)12(15)16/h4-6,10,13-14H,3,7H2,1-2H3,(H,15,16). The lowest BCUT2D eigenvalue weighted by Gasteiger charge is -2.16. The molecule has 0 fully saturated rings. The fourth-order valence-corrected chi connectivity index (χ4v) is 1.46. The van der Waals surface area contributed by atoms with E-state index in [0.29, 0.717) is 11.4 Å². The average Bonchev–Trinajstić information content (AvgIpc) is 2.35. The van der Waals surface area contributed by atoms with Gasteiger partial charge in [-0.05, 0) is 24.1 Å². The average molecular weight is 239 g/mol. The first-order chi connectivity index (χ1) is 8.12. The number of carbonyl (C=O) groups is 1. The second kappa shape index (κ2) is 6.10. The van der Waals surface area contributed by atoms with Crippen LogP contribution in [0.25, 0.3) is 0 Å². The number of aliphatic carboxylic acids is 1. The lowest BCUT2D eigenvalue weighted by atomic mass is 10.1. The first kappa shape index (κ1) is 13.3. The van der Waals surface area contributed by atoms with Crippen molar-refractivity contribution in [3.8, 4) is 5.75 Å². The van der Waals surface area contributed by atoms with Gasteiger partial charge in [-0.1, -0.05) is 13.0 Å². The number of hydrogen-bond donors (Lipinski definition) is 3. The summed E-state index contributed by atoms with van der Waals surface area (Å²) in [6.07, 6.45) is 0.843. The molecule has 17 heavy (non-hydrogen) atoms. The number of anilines is 1. The van der Waals surface area contributed by atoms with E-state index in [0.717, 1.165) is 12.0 Å². The van der Waals surface area contributed by atoms with Crippen molar-refractivity contribution in [1.82, 2.24) is 0 Å². The van der Waals surface area contributed by atoms with Crippen molar-refractivity contribution in [1.29, 1.82) is 0 Å². The molecular weight excluding hydrogens is 222 g/mol. The molecule has 94 valence electrons. The molecule has 0 saturated heterocycles. The van der Waals surface area contributed by atoms with E-state index >= 15 is 0 Å². The maximum absolute atomic E-state index is 10.8. The molecular formula is C12H17NO4. The van der Waals surface area contributed by atoms with Gasteiger partial charge < -0.3 is 20.3 Å². The predicted molar refractivity (Wildman–Crippen MR) is 64.5 cm³/mol. The van der Waals surface area contributed by atoms with Crippen molar-refractivity contribution >= 4 is 11.7 Å². The minimum Gasteiger partial charge on any atom is -0.495 e. The quantitative estimate of drug-likeness (QED) is 0.693. The van der Waals surface area contributed by atoms with E-state index in [2.05, 4.69) is 5.32 Å². The molecule has 5 nitrogen and oxygen atoms in total. The van der Waals surface area contributed by atoms with E-state index < -0.39 is 18.6 Å². The van der Waals surface area contributed by atoms with Gasteiger partial charge >= 0.3 is 5.97 Å². The molecule has 0 radical (unpaired) electrons. The van der Waals surface area contributed by atoms with Crippen LogP contribution in [-0.4, -0.2) is 35.9 Å². The molecule has 0 spiro atoms. The summed E-state index contributed by atoms with van der Waals surface area (Å²) in [6, 6.07) is 4.48. The number of rotatable bonds is 6. The number of aryl methyl sites for hydroxylation is 1. The van der Waals surface area contributed by atoms with Crippen molar-refractivity contribution in [2.75, 3.05) is 19.0 Å². The lowest BCUT2D eigenvalue weighted by molar-refractivity contribution is -0.138. The first-order valence-corrected chi connectivity index (χ1v) is 5.39. The second-order valence-corrected chi connectivity index (χ2v) is 3.61. The molecule has 1 aromatic rings. The van der Waals surface area contributed by atoms with E-state index in [1.54, 1.807) is 6.07 Å². The Morgan fingerprint density at radius 3 is 2.71 bits per heavy atom. The van der Waals surface area contributed by atoms with Crippen LogP contribution in [-0.2, 0) is 11.2 Å². The summed E-state index contributed by atoms with van der Waals surface area (Å²) in [4.78, 5) is 10.8. The van der Waals surface area contributed by atoms with Crippen LogP contribution in [0, 0.1) is 0 Å². The number of nitrogens with one attached hydrogen (secondary N) is 1. The van der Waals surface area contributed by atoms with E-state index in [-0.39, 0.29) is 0 Å². The molecule has 0 amide bonds. The molecule has 0 bridgehead atoms. The molecule has 1 unspecified atom stereocenters. The van der Waals surface area contributed by atoms with Crippen molar-refractivity contribution in [3.05, 3.63) is 23.8 Å². The molecule has 0 saturated carbocycles. The number of aliphatic hydroxyl groups is 1. The summed E-state index contributed by atoms with van der Waals surface area (Å²) >= 11 is 0. The van der Waals surface area contributed by atoms with Gasteiger partial charge in [0.05, 0.1) is 19.4 Å². The number of aliphatic hydroxyl groups excluding tert-OH is 1. The van der Waals surface area contributed by atoms with Crippen LogP contribution in [0.1, 0.15) is 12.5 Å². The SMILES string of the molecule is CCc1ccc(OC)c(NC(CO)C(=O)O)c1. The lowest BCUT2D eigenvalue weighted by Crippen LogP contribution is -2.32. The van der Waals surface area contributed by atoms with Gasteiger partial charge in [0.25, 0.3) is 0 Å². The van der Waals surface area contributed by atoms with Crippen LogP contribution in [0.3, 0.4) is 0 Å². The number of carboxylic acid groups (broad SMARTS) is 1. The van der Waals surface area contributed by atoms with Gasteiger partial charge in [0.1, 0.15) is 11.8 Å². The van der Waals surface area contributed by atoms with Gasteiger partial charge in [-0.25, -0.2) is 4.79 Å². The fourth-order valence-electron chi connectivity index (χ4n) is 1.46. The van der Waals surface area contributed by atoms with Crippen molar-refractivity contribution in [2.45, 2.75) is 19.4 Å². The minimum absolute atomic E-state index is 0.477. The van der Waals surface area contributed by atoms with Crippen LogP contribution in [0.4, 0.5) is 5.69 Å². The number of benzene rings is 1. The number of methoxy groups -OCH3 is 1. The molecule has 3 N–H and O–H groups in total. The molecule has 1 atom stereocenters. The normalized spacial score (nSPS) is 11.9. The Hall–Kier alpha value is -1.75. The molecule has 0 aromatic heterocycles. The molecule has 0 heterocycles. The van der Waals surface area contributed by atoms with Gasteiger partial charge in [-0.15, -0.1) is 0 Å². The molecule has 1 aromatic carbocycles. The fraction of sp³-hybridized carbons (Fsp3) is 0.417. The van der Waals surface area contributed by atoms with Crippen LogP contribution >= 0.6 is 0 Å². The summed E-state index contributed by atoms with van der Waals surface area (Å²) < 4.78 is 5.13. The predicted octanol–water partition coefficient (Wildman–Crippen LogP) is 1.12. The monoisotopic (exact) mass is 239 g/mol. The Bertz CT molecular complexity index is 392. The summed E-state index contributed by atoms with van der Waals surface area (Å²) in [5.41, 5.74) is 1.64. The minimum atomic E-state index is -1.10. The second-order valence-electron chi connectivity index (χ2n) is 3.61. The highest BCUT2D eigenvalue weighted by Crippen LogP contribution is 2.26. The van der Waals surface area contributed by atoms with E-state index in [4.69, 9.17) is 14.9 Å². The maximum Gasteiger partial charge on any atom is 0.328 e. The Morgan fingerprint density at radius 2 is 2.24 bits per heavy atom. The molecule has 0 aliphatic rings.